The molecule has 1 amide bonds. The Morgan fingerprint density at radius 2 is 2.11 bits per heavy atom. The van der Waals surface area contributed by atoms with Gasteiger partial charge in [0.1, 0.15) is 0 Å². The Kier molecular flexibility index (Phi) is 3.38. The minimum absolute atomic E-state index is 0.0164. The SMILES string of the molecule is NCCNC(=O)c1ccc2nnc(C(F)(F)F)n2c1. The smallest absolute Gasteiger partial charge is 0.351 e. The zero-order valence-corrected chi connectivity index (χ0v) is 9.61. The summed E-state index contributed by atoms with van der Waals surface area (Å²) in [6.07, 6.45) is -3.59. The predicted octanol–water partition coefficient (Wildman–Crippen LogP) is 0.437. The largest absolute Gasteiger partial charge is 0.452 e. The Labute approximate surface area is 105 Å². The number of aromatic nitrogens is 3. The van der Waals surface area contributed by atoms with Crippen molar-refractivity contribution < 1.29 is 18.0 Å². The Morgan fingerprint density at radius 1 is 1.37 bits per heavy atom. The van der Waals surface area contributed by atoms with Crippen molar-refractivity contribution in [3.8, 4) is 0 Å². The molecule has 0 spiro atoms. The van der Waals surface area contributed by atoms with Gasteiger partial charge in [-0.05, 0) is 12.1 Å². The molecule has 0 saturated heterocycles. The van der Waals surface area contributed by atoms with E-state index in [9.17, 15) is 18.0 Å². The van der Waals surface area contributed by atoms with E-state index < -0.39 is 17.9 Å². The first kappa shape index (κ1) is 13.3. The van der Waals surface area contributed by atoms with Gasteiger partial charge in [-0.2, -0.15) is 13.2 Å². The number of alkyl halides is 3. The Balaban J connectivity index is 2.41. The van der Waals surface area contributed by atoms with Gasteiger partial charge in [-0.25, -0.2) is 0 Å². The van der Waals surface area contributed by atoms with Crippen LogP contribution in [-0.2, 0) is 6.18 Å². The second kappa shape index (κ2) is 4.84. The van der Waals surface area contributed by atoms with Crippen LogP contribution in [0, 0.1) is 0 Å². The molecule has 0 aliphatic carbocycles. The number of carbonyl (C=O) groups excluding carboxylic acids is 1. The third-order valence-corrected chi connectivity index (χ3v) is 2.35. The number of halogens is 3. The van der Waals surface area contributed by atoms with Crippen LogP contribution in [0.2, 0.25) is 0 Å². The lowest BCUT2D eigenvalue weighted by atomic mass is 10.2. The highest BCUT2D eigenvalue weighted by Gasteiger charge is 2.37. The van der Waals surface area contributed by atoms with Crippen LogP contribution >= 0.6 is 0 Å². The number of amides is 1. The minimum Gasteiger partial charge on any atom is -0.351 e. The van der Waals surface area contributed by atoms with Crippen molar-refractivity contribution in [3.63, 3.8) is 0 Å². The molecule has 2 heterocycles. The molecule has 0 bridgehead atoms. The standard InChI is InChI=1S/C10H10F3N5O/c11-10(12,13)9-17-16-7-2-1-6(5-18(7)9)8(19)15-4-3-14/h1-2,5H,3-4,14H2,(H,15,19). The van der Waals surface area contributed by atoms with Crippen LogP contribution < -0.4 is 11.1 Å². The molecule has 0 atom stereocenters. The van der Waals surface area contributed by atoms with Crippen molar-refractivity contribution in [2.24, 2.45) is 5.73 Å². The predicted molar refractivity (Wildman–Crippen MR) is 59.4 cm³/mol. The molecule has 2 rings (SSSR count). The first-order valence-electron chi connectivity index (χ1n) is 5.33. The van der Waals surface area contributed by atoms with E-state index in [2.05, 4.69) is 15.5 Å². The molecule has 0 fully saturated rings. The van der Waals surface area contributed by atoms with Gasteiger partial charge in [0.05, 0.1) is 5.56 Å². The average Bonchev–Trinajstić information content (AvgIpc) is 2.78. The van der Waals surface area contributed by atoms with Gasteiger partial charge in [-0.1, -0.05) is 0 Å². The van der Waals surface area contributed by atoms with E-state index in [0.29, 0.717) is 0 Å². The van der Waals surface area contributed by atoms with Crippen LogP contribution in [0.5, 0.6) is 0 Å². The molecular weight excluding hydrogens is 263 g/mol. The van der Waals surface area contributed by atoms with Crippen LogP contribution in [0.15, 0.2) is 18.3 Å². The molecule has 102 valence electrons. The van der Waals surface area contributed by atoms with Crippen LogP contribution in [0.25, 0.3) is 5.65 Å². The van der Waals surface area contributed by atoms with Crippen LogP contribution in [0.3, 0.4) is 0 Å². The lowest BCUT2D eigenvalue weighted by molar-refractivity contribution is -0.145. The maximum absolute atomic E-state index is 12.6. The number of nitrogens with zero attached hydrogens (tertiary/aromatic N) is 3. The van der Waals surface area contributed by atoms with E-state index in [-0.39, 0.29) is 24.3 Å². The molecule has 3 N–H and O–H groups in total. The fourth-order valence-electron chi connectivity index (χ4n) is 1.51. The van der Waals surface area contributed by atoms with E-state index in [1.165, 1.54) is 12.1 Å². The fraction of sp³-hybridized carbons (Fsp3) is 0.300. The highest BCUT2D eigenvalue weighted by atomic mass is 19.4. The van der Waals surface area contributed by atoms with E-state index >= 15 is 0 Å². The third kappa shape index (κ3) is 2.65. The number of hydrogen-bond donors (Lipinski definition) is 2. The van der Waals surface area contributed by atoms with Crippen molar-refractivity contribution >= 4 is 11.6 Å². The minimum atomic E-state index is -4.63. The second-order valence-corrected chi connectivity index (χ2v) is 3.71. The summed E-state index contributed by atoms with van der Waals surface area (Å²) in [5, 5.41) is 8.92. The molecule has 0 saturated carbocycles. The number of fused-ring (bicyclic) bond motifs is 1. The second-order valence-electron chi connectivity index (χ2n) is 3.71. The van der Waals surface area contributed by atoms with E-state index in [4.69, 9.17) is 5.73 Å². The van der Waals surface area contributed by atoms with Crippen molar-refractivity contribution in [2.75, 3.05) is 13.1 Å². The summed E-state index contributed by atoms with van der Waals surface area (Å²) in [7, 11) is 0. The zero-order chi connectivity index (χ0) is 14.0. The van der Waals surface area contributed by atoms with Gasteiger partial charge < -0.3 is 11.1 Å². The lowest BCUT2D eigenvalue weighted by Crippen LogP contribution is -2.29. The van der Waals surface area contributed by atoms with Crippen molar-refractivity contribution in [1.82, 2.24) is 19.9 Å². The van der Waals surface area contributed by atoms with E-state index in [0.717, 1.165) is 10.6 Å². The van der Waals surface area contributed by atoms with Crippen molar-refractivity contribution in [1.29, 1.82) is 0 Å². The summed E-state index contributed by atoms with van der Waals surface area (Å²) in [6, 6.07) is 2.66. The maximum atomic E-state index is 12.6. The molecule has 0 aromatic carbocycles. The highest BCUT2D eigenvalue weighted by Crippen LogP contribution is 2.27. The molecule has 0 unspecified atom stereocenters. The van der Waals surface area contributed by atoms with Crippen LogP contribution in [0.1, 0.15) is 16.2 Å². The van der Waals surface area contributed by atoms with Gasteiger partial charge in [0, 0.05) is 19.3 Å². The first-order chi connectivity index (χ1) is 8.93. The molecule has 0 aliphatic rings. The Bertz CT molecular complexity index is 607. The average molecular weight is 273 g/mol. The fourth-order valence-corrected chi connectivity index (χ4v) is 1.51. The highest BCUT2D eigenvalue weighted by molar-refractivity contribution is 5.94. The number of pyridine rings is 1. The topological polar surface area (TPSA) is 85.3 Å². The summed E-state index contributed by atoms with van der Waals surface area (Å²) in [5.74, 6) is -1.68. The Morgan fingerprint density at radius 3 is 2.74 bits per heavy atom. The number of nitrogens with one attached hydrogen (secondary N) is 1. The zero-order valence-electron chi connectivity index (χ0n) is 9.61. The summed E-state index contributed by atoms with van der Waals surface area (Å²) >= 11 is 0. The van der Waals surface area contributed by atoms with Crippen molar-refractivity contribution in [2.45, 2.75) is 6.18 Å². The quantitative estimate of drug-likeness (QED) is 0.849. The summed E-state index contributed by atoms with van der Waals surface area (Å²) < 4.78 is 38.7. The van der Waals surface area contributed by atoms with Gasteiger partial charge in [0.2, 0.25) is 5.82 Å². The molecule has 19 heavy (non-hydrogen) atoms. The lowest BCUT2D eigenvalue weighted by Gasteiger charge is -2.06. The van der Waals surface area contributed by atoms with Crippen molar-refractivity contribution in [3.05, 3.63) is 29.7 Å². The normalized spacial score (nSPS) is 11.8. The molecule has 2 aromatic heterocycles. The number of carbonyl (C=O) groups is 1. The van der Waals surface area contributed by atoms with Crippen LogP contribution in [0.4, 0.5) is 13.2 Å². The maximum Gasteiger partial charge on any atom is 0.452 e. The monoisotopic (exact) mass is 273 g/mol. The molecular formula is C10H10F3N5O. The third-order valence-electron chi connectivity index (χ3n) is 2.35. The van der Waals surface area contributed by atoms with Gasteiger partial charge in [0.15, 0.2) is 5.65 Å². The molecule has 0 radical (unpaired) electrons. The Hall–Kier alpha value is -2.16. The van der Waals surface area contributed by atoms with E-state index in [1.807, 2.05) is 0 Å². The summed E-state index contributed by atoms with van der Waals surface area (Å²) in [4.78, 5) is 11.6. The molecule has 6 nitrogen and oxygen atoms in total. The number of rotatable bonds is 3. The van der Waals surface area contributed by atoms with Gasteiger partial charge in [-0.15, -0.1) is 10.2 Å². The molecule has 0 aliphatic heterocycles. The molecule has 2 aromatic rings. The molecule has 9 heteroatoms. The number of hydrogen-bond acceptors (Lipinski definition) is 4. The van der Waals surface area contributed by atoms with Gasteiger partial charge >= 0.3 is 6.18 Å². The summed E-state index contributed by atoms with van der Waals surface area (Å²) in [6.45, 7) is 0.486. The first-order valence-corrected chi connectivity index (χ1v) is 5.33. The van der Waals surface area contributed by atoms with Gasteiger partial charge in [-0.3, -0.25) is 9.20 Å². The van der Waals surface area contributed by atoms with Crippen LogP contribution in [-0.4, -0.2) is 33.6 Å². The van der Waals surface area contributed by atoms with Gasteiger partial charge in [0.25, 0.3) is 5.91 Å². The summed E-state index contributed by atoms with van der Waals surface area (Å²) in [5.41, 5.74) is 5.31. The van der Waals surface area contributed by atoms with E-state index in [1.54, 1.807) is 0 Å². The number of nitrogens with two attached hydrogens (primary N) is 1.